The molecule has 5 rings (SSSR count). The van der Waals surface area contributed by atoms with Crippen molar-refractivity contribution < 1.29 is 18.3 Å². The van der Waals surface area contributed by atoms with Gasteiger partial charge < -0.3 is 25.1 Å². The molecule has 0 unspecified atom stereocenters. The van der Waals surface area contributed by atoms with Crippen molar-refractivity contribution >= 4 is 22.8 Å². The predicted molar refractivity (Wildman–Crippen MR) is 119 cm³/mol. The minimum Gasteiger partial charge on any atom is -0.395 e. The minimum atomic E-state index is -3.64. The molecule has 0 bridgehead atoms. The number of aromatic amines is 1. The van der Waals surface area contributed by atoms with E-state index in [9.17, 15) is 8.78 Å². The van der Waals surface area contributed by atoms with Crippen molar-refractivity contribution in [1.29, 1.82) is 0 Å². The van der Waals surface area contributed by atoms with Crippen LogP contribution in [0.2, 0.25) is 0 Å². The number of fused-ring (bicyclic) bond motifs is 2. The Hall–Kier alpha value is -3.46. The molecule has 0 aliphatic carbocycles. The Labute approximate surface area is 183 Å². The molecule has 3 N–H and O–H groups in total. The summed E-state index contributed by atoms with van der Waals surface area (Å²) in [5, 5.41) is 7.72. The minimum absolute atomic E-state index is 0.0100. The molecule has 1 saturated heterocycles. The molecule has 4 heterocycles. The quantitative estimate of drug-likeness (QED) is 0.525. The standard InChI is InChI=1S/C23H23F2N5O2/c1-26-10-16(12-28-17-4-6-27-7-5-17)15-8-18-19(13-30-22(18)29-11-15)14-2-3-20-21(9-14)32-23(24,25)31-20/h2-3,8-13,17,27-28H,4-7H2,1H3,(H,29,30)/b16-12+,26-10?. The van der Waals surface area contributed by atoms with Gasteiger partial charge in [-0.3, -0.25) is 4.99 Å². The van der Waals surface area contributed by atoms with Gasteiger partial charge in [0.15, 0.2) is 11.5 Å². The number of alkyl halides is 2. The largest absolute Gasteiger partial charge is 0.586 e. The molecular formula is C23H23F2N5O2. The maximum Gasteiger partial charge on any atom is 0.586 e. The summed E-state index contributed by atoms with van der Waals surface area (Å²) in [6, 6.07) is 7.20. The predicted octanol–water partition coefficient (Wildman–Crippen LogP) is 3.93. The van der Waals surface area contributed by atoms with Crippen LogP contribution in [0.15, 0.2) is 47.9 Å². The highest BCUT2D eigenvalue weighted by atomic mass is 19.3. The topological polar surface area (TPSA) is 83.6 Å². The lowest BCUT2D eigenvalue weighted by molar-refractivity contribution is -0.286. The lowest BCUT2D eigenvalue weighted by atomic mass is 10.0. The molecule has 166 valence electrons. The van der Waals surface area contributed by atoms with Crippen molar-refractivity contribution in [3.63, 3.8) is 0 Å². The highest BCUT2D eigenvalue weighted by molar-refractivity contribution is 6.11. The zero-order valence-corrected chi connectivity index (χ0v) is 17.5. The van der Waals surface area contributed by atoms with E-state index in [-0.39, 0.29) is 11.5 Å². The molecule has 0 atom stereocenters. The van der Waals surface area contributed by atoms with Crippen molar-refractivity contribution in [1.82, 2.24) is 20.6 Å². The first-order valence-electron chi connectivity index (χ1n) is 10.5. The van der Waals surface area contributed by atoms with Crippen LogP contribution in [0.25, 0.3) is 27.7 Å². The number of ether oxygens (including phenoxy) is 2. The first kappa shape index (κ1) is 20.4. The number of aromatic nitrogens is 2. The summed E-state index contributed by atoms with van der Waals surface area (Å²) < 4.78 is 35.9. The smallest absolute Gasteiger partial charge is 0.395 e. The summed E-state index contributed by atoms with van der Waals surface area (Å²) in [5.41, 5.74) is 4.06. The molecular weight excluding hydrogens is 416 g/mol. The number of hydrogen-bond donors (Lipinski definition) is 3. The Morgan fingerprint density at radius 2 is 2.03 bits per heavy atom. The second-order valence-electron chi connectivity index (χ2n) is 7.83. The van der Waals surface area contributed by atoms with E-state index < -0.39 is 6.29 Å². The number of piperidine rings is 1. The number of halogens is 2. The fourth-order valence-corrected chi connectivity index (χ4v) is 4.05. The van der Waals surface area contributed by atoms with Crippen LogP contribution in [0.1, 0.15) is 18.4 Å². The van der Waals surface area contributed by atoms with Crippen LogP contribution in [-0.4, -0.2) is 48.7 Å². The molecule has 9 heteroatoms. The van der Waals surface area contributed by atoms with Gasteiger partial charge in [0.05, 0.1) is 0 Å². The lowest BCUT2D eigenvalue weighted by Gasteiger charge is -2.23. The number of allylic oxidation sites excluding steroid dienone is 1. The summed E-state index contributed by atoms with van der Waals surface area (Å²) in [4.78, 5) is 11.9. The molecule has 32 heavy (non-hydrogen) atoms. The highest BCUT2D eigenvalue weighted by Gasteiger charge is 2.43. The Kier molecular flexibility index (Phi) is 5.26. The van der Waals surface area contributed by atoms with Gasteiger partial charge in [-0.2, -0.15) is 0 Å². The van der Waals surface area contributed by atoms with E-state index in [2.05, 4.69) is 35.1 Å². The van der Waals surface area contributed by atoms with E-state index in [1.807, 2.05) is 18.5 Å². The molecule has 0 spiro atoms. The van der Waals surface area contributed by atoms with Crippen LogP contribution < -0.4 is 20.1 Å². The summed E-state index contributed by atoms with van der Waals surface area (Å²) >= 11 is 0. The zero-order valence-electron chi connectivity index (χ0n) is 17.5. The Morgan fingerprint density at radius 1 is 1.22 bits per heavy atom. The number of hydrogen-bond acceptors (Lipinski definition) is 6. The third-order valence-corrected chi connectivity index (χ3v) is 5.66. The number of aliphatic imine (C=N–C) groups is 1. The third kappa shape index (κ3) is 4.03. The first-order valence-corrected chi connectivity index (χ1v) is 10.5. The molecule has 2 aromatic heterocycles. The summed E-state index contributed by atoms with van der Waals surface area (Å²) in [6.45, 7) is 2.01. The first-order chi connectivity index (χ1) is 15.5. The highest BCUT2D eigenvalue weighted by Crippen LogP contribution is 2.43. The van der Waals surface area contributed by atoms with E-state index in [0.717, 1.165) is 53.6 Å². The maximum atomic E-state index is 13.4. The Bertz CT molecular complexity index is 1200. The van der Waals surface area contributed by atoms with Crippen molar-refractivity contribution in [3.8, 4) is 22.6 Å². The maximum absolute atomic E-state index is 13.4. The van der Waals surface area contributed by atoms with Crippen molar-refractivity contribution in [2.24, 2.45) is 4.99 Å². The van der Waals surface area contributed by atoms with E-state index in [4.69, 9.17) is 0 Å². The number of nitrogens with one attached hydrogen (secondary N) is 3. The molecule has 1 fully saturated rings. The van der Waals surface area contributed by atoms with Crippen LogP contribution in [0.3, 0.4) is 0 Å². The van der Waals surface area contributed by atoms with Crippen molar-refractivity contribution in [2.45, 2.75) is 25.2 Å². The number of nitrogens with zero attached hydrogens (tertiary/aromatic N) is 2. The summed E-state index contributed by atoms with van der Waals surface area (Å²) in [5.74, 6) is 0.0293. The molecule has 0 amide bonds. The van der Waals surface area contributed by atoms with Gasteiger partial charge in [-0.1, -0.05) is 6.07 Å². The van der Waals surface area contributed by atoms with Crippen LogP contribution in [0.5, 0.6) is 11.5 Å². The second kappa shape index (κ2) is 8.23. The van der Waals surface area contributed by atoms with Crippen molar-refractivity contribution in [2.75, 3.05) is 20.1 Å². The van der Waals surface area contributed by atoms with Crippen molar-refractivity contribution in [3.05, 3.63) is 48.4 Å². The third-order valence-electron chi connectivity index (χ3n) is 5.66. The summed E-state index contributed by atoms with van der Waals surface area (Å²) in [6.07, 6.45) is 5.87. The lowest BCUT2D eigenvalue weighted by Crippen LogP contribution is -2.37. The molecule has 2 aliphatic heterocycles. The number of pyridine rings is 1. The van der Waals surface area contributed by atoms with Crippen LogP contribution in [0, 0.1) is 0 Å². The van der Waals surface area contributed by atoms with Gasteiger partial charge in [0.2, 0.25) is 0 Å². The van der Waals surface area contributed by atoms with Gasteiger partial charge in [-0.25, -0.2) is 4.98 Å². The van der Waals surface area contributed by atoms with Crippen LogP contribution in [0.4, 0.5) is 8.78 Å². The Balaban J connectivity index is 1.48. The van der Waals surface area contributed by atoms with E-state index >= 15 is 0 Å². The van der Waals surface area contributed by atoms with Gasteiger partial charge in [0.25, 0.3) is 0 Å². The van der Waals surface area contributed by atoms with Gasteiger partial charge in [-0.15, -0.1) is 8.78 Å². The summed E-state index contributed by atoms with van der Waals surface area (Å²) in [7, 11) is 1.73. The Morgan fingerprint density at radius 3 is 2.84 bits per heavy atom. The molecule has 0 saturated carbocycles. The molecule has 1 aromatic carbocycles. The molecule has 0 radical (unpaired) electrons. The number of rotatable bonds is 5. The molecule has 7 nitrogen and oxygen atoms in total. The van der Waals surface area contributed by atoms with E-state index in [1.165, 1.54) is 6.07 Å². The van der Waals surface area contributed by atoms with E-state index in [0.29, 0.717) is 11.7 Å². The molecule has 3 aromatic rings. The zero-order chi connectivity index (χ0) is 22.1. The average molecular weight is 439 g/mol. The van der Waals surface area contributed by atoms with E-state index in [1.54, 1.807) is 31.6 Å². The monoisotopic (exact) mass is 439 g/mol. The number of H-pyrrole nitrogens is 1. The fraction of sp³-hybridized carbons (Fsp3) is 0.304. The van der Waals surface area contributed by atoms with Gasteiger partial charge in [0.1, 0.15) is 5.65 Å². The normalized spacial score (nSPS) is 18.5. The number of benzene rings is 1. The fourth-order valence-electron chi connectivity index (χ4n) is 4.05. The van der Waals surface area contributed by atoms with Gasteiger partial charge in [0, 0.05) is 60.0 Å². The van der Waals surface area contributed by atoms with Gasteiger partial charge in [-0.05, 0) is 49.7 Å². The van der Waals surface area contributed by atoms with Crippen LogP contribution >= 0.6 is 0 Å². The van der Waals surface area contributed by atoms with Gasteiger partial charge >= 0.3 is 6.29 Å². The molecule has 2 aliphatic rings. The average Bonchev–Trinajstić information content (AvgIpc) is 3.35. The SMILES string of the molecule is CN=C/C(=C\NC1CCNCC1)c1cnc2[nH]cc(-c3ccc4c(c3)OC(F)(F)O4)c2c1. The second-order valence-corrected chi connectivity index (χ2v) is 7.83. The van der Waals surface area contributed by atoms with Crippen LogP contribution in [-0.2, 0) is 0 Å².